The molecule has 0 fully saturated rings. The van der Waals surface area contributed by atoms with Gasteiger partial charge >= 0.3 is 0 Å². The molecule has 0 aromatic heterocycles. The van der Waals surface area contributed by atoms with Crippen molar-refractivity contribution in [1.82, 2.24) is 0 Å². The van der Waals surface area contributed by atoms with Crippen LogP contribution in [0.1, 0.15) is 22.3 Å². The van der Waals surface area contributed by atoms with E-state index in [4.69, 9.17) is 4.55 Å². The van der Waals surface area contributed by atoms with E-state index >= 15 is 0 Å². The Morgan fingerprint density at radius 1 is 0.774 bits per heavy atom. The number of aromatic hydroxyl groups is 1. The lowest BCUT2D eigenvalue weighted by Gasteiger charge is -2.08. The highest BCUT2D eigenvalue weighted by atomic mass is 32.2. The van der Waals surface area contributed by atoms with E-state index in [1.165, 1.54) is 17.7 Å². The second kappa shape index (κ2) is 8.65. The molecule has 0 bridgehead atoms. The first kappa shape index (κ1) is 20.7. The third-order valence-corrected chi connectivity index (χ3v) is 5.89. The van der Waals surface area contributed by atoms with Gasteiger partial charge in [0.05, 0.1) is 4.90 Å². The minimum atomic E-state index is -4.22. The van der Waals surface area contributed by atoms with E-state index < -0.39 is 10.1 Å². The molecule has 0 spiro atoms. The number of phenols is 1. The summed E-state index contributed by atoms with van der Waals surface area (Å²) >= 11 is 0. The van der Waals surface area contributed by atoms with Crippen LogP contribution in [0.5, 0.6) is 5.75 Å². The van der Waals surface area contributed by atoms with Gasteiger partial charge in [-0.2, -0.15) is 8.42 Å². The van der Waals surface area contributed by atoms with Crippen LogP contribution < -0.4 is 0 Å². The molecule has 2 N–H and O–H groups in total. The van der Waals surface area contributed by atoms with Crippen molar-refractivity contribution in [2.45, 2.75) is 17.7 Å². The molecule has 4 rings (SSSR count). The zero-order chi connectivity index (χ0) is 21.8. The molecule has 0 atom stereocenters. The first-order valence-corrected chi connectivity index (χ1v) is 11.2. The summed E-state index contributed by atoms with van der Waals surface area (Å²) < 4.78 is 31.5. The monoisotopic (exact) mass is 428 g/mol. The number of hydrogen-bond acceptors (Lipinski definition) is 3. The normalized spacial score (nSPS) is 11.1. The van der Waals surface area contributed by atoms with Crippen LogP contribution in [0.4, 0.5) is 0 Å². The molecule has 154 valence electrons. The van der Waals surface area contributed by atoms with Gasteiger partial charge < -0.3 is 5.11 Å². The average molecular weight is 429 g/mol. The topological polar surface area (TPSA) is 74.6 Å². The Morgan fingerprint density at radius 3 is 2.23 bits per heavy atom. The fraction of sp³-hybridized carbons (Fsp3) is 0.0769. The van der Waals surface area contributed by atoms with Crippen LogP contribution in [-0.4, -0.2) is 18.1 Å². The summed E-state index contributed by atoms with van der Waals surface area (Å²) in [6.45, 7) is 0. The Bertz CT molecular complexity index is 1400. The van der Waals surface area contributed by atoms with Gasteiger partial charge in [-0.15, -0.1) is 0 Å². The molecule has 4 aromatic rings. The summed E-state index contributed by atoms with van der Waals surface area (Å²) in [6, 6.07) is 25.5. The first-order chi connectivity index (χ1) is 14.9. The molecular formula is C26H20O4S. The molecule has 0 aliphatic rings. The minimum absolute atomic E-state index is 0.155. The molecule has 0 saturated carbocycles. The Morgan fingerprint density at radius 2 is 1.52 bits per heavy atom. The Balaban J connectivity index is 1.58. The fourth-order valence-corrected chi connectivity index (χ4v) is 3.88. The molecular weight excluding hydrogens is 408 g/mol. The van der Waals surface area contributed by atoms with Gasteiger partial charge in [-0.05, 0) is 63.9 Å². The van der Waals surface area contributed by atoms with Crippen LogP contribution in [-0.2, 0) is 23.0 Å². The highest BCUT2D eigenvalue weighted by molar-refractivity contribution is 7.85. The standard InChI is InChI=1S/C26H20O4S/c27-26-18-22-12-9-20(8-4-7-19-5-2-1-3-6-19)15-23(22)17-24(26)16-21-10-13-25(14-11-21)31(28,29)30/h1-3,5-6,9-15,17-18,27H,7,16H2,(H,28,29,30). The highest BCUT2D eigenvalue weighted by Gasteiger charge is 2.10. The van der Waals surface area contributed by atoms with Gasteiger partial charge in [0.2, 0.25) is 0 Å². The van der Waals surface area contributed by atoms with E-state index in [1.54, 1.807) is 18.2 Å². The number of hydrogen-bond donors (Lipinski definition) is 2. The van der Waals surface area contributed by atoms with Crippen molar-refractivity contribution in [2.24, 2.45) is 0 Å². The number of fused-ring (bicyclic) bond motifs is 1. The number of benzene rings is 4. The predicted octanol–water partition coefficient (Wildman–Crippen LogP) is 4.98. The van der Waals surface area contributed by atoms with Crippen molar-refractivity contribution in [3.63, 3.8) is 0 Å². The minimum Gasteiger partial charge on any atom is -0.508 e. The van der Waals surface area contributed by atoms with Crippen LogP contribution in [0.3, 0.4) is 0 Å². The van der Waals surface area contributed by atoms with Crippen molar-refractivity contribution in [2.75, 3.05) is 0 Å². The maximum absolute atomic E-state index is 11.2. The molecule has 5 heteroatoms. The number of phenolic OH excluding ortho intramolecular Hbond substituents is 1. The quantitative estimate of drug-likeness (QED) is 0.355. The third-order valence-electron chi connectivity index (χ3n) is 5.02. The fourth-order valence-electron chi connectivity index (χ4n) is 3.40. The lowest BCUT2D eigenvalue weighted by atomic mass is 9.99. The molecule has 0 unspecified atom stereocenters. The first-order valence-electron chi connectivity index (χ1n) is 9.73. The SMILES string of the molecule is O=S(=O)(O)c1ccc(Cc2cc3cc(C#CCc4ccccc4)ccc3cc2O)cc1. The second-order valence-corrected chi connectivity index (χ2v) is 8.72. The molecule has 0 saturated heterocycles. The van der Waals surface area contributed by atoms with E-state index in [0.717, 1.165) is 27.5 Å². The highest BCUT2D eigenvalue weighted by Crippen LogP contribution is 2.28. The van der Waals surface area contributed by atoms with Crippen molar-refractivity contribution in [3.05, 3.63) is 107 Å². The van der Waals surface area contributed by atoms with E-state index in [-0.39, 0.29) is 10.6 Å². The van der Waals surface area contributed by atoms with Crippen LogP contribution in [0.2, 0.25) is 0 Å². The van der Waals surface area contributed by atoms with E-state index in [2.05, 4.69) is 11.8 Å². The predicted molar refractivity (Wildman–Crippen MR) is 122 cm³/mol. The molecule has 0 aliphatic heterocycles. The summed E-state index contributed by atoms with van der Waals surface area (Å²) in [5, 5.41) is 12.3. The van der Waals surface area contributed by atoms with Crippen LogP contribution in [0.15, 0.2) is 89.8 Å². The summed E-state index contributed by atoms with van der Waals surface area (Å²) in [5.41, 5.74) is 3.61. The molecule has 0 heterocycles. The molecule has 0 radical (unpaired) electrons. The Kier molecular flexibility index (Phi) is 5.77. The van der Waals surface area contributed by atoms with Gasteiger partial charge in [0.15, 0.2) is 0 Å². The number of rotatable bonds is 4. The molecule has 31 heavy (non-hydrogen) atoms. The second-order valence-electron chi connectivity index (χ2n) is 7.30. The van der Waals surface area contributed by atoms with Crippen LogP contribution in [0, 0.1) is 11.8 Å². The molecule has 4 nitrogen and oxygen atoms in total. The summed E-state index contributed by atoms with van der Waals surface area (Å²) in [5.74, 6) is 6.57. The van der Waals surface area contributed by atoms with Crippen molar-refractivity contribution < 1.29 is 18.1 Å². The maximum atomic E-state index is 11.2. The Labute approximate surface area is 181 Å². The van der Waals surface area contributed by atoms with E-state index in [1.807, 2.05) is 54.6 Å². The zero-order valence-electron chi connectivity index (χ0n) is 16.6. The van der Waals surface area contributed by atoms with Crippen molar-refractivity contribution >= 4 is 20.9 Å². The average Bonchev–Trinajstić information content (AvgIpc) is 2.75. The molecule has 4 aromatic carbocycles. The summed E-state index contributed by atoms with van der Waals surface area (Å²) in [4.78, 5) is -0.155. The maximum Gasteiger partial charge on any atom is 0.294 e. The largest absolute Gasteiger partial charge is 0.508 e. The van der Waals surface area contributed by atoms with Gasteiger partial charge in [-0.3, -0.25) is 4.55 Å². The smallest absolute Gasteiger partial charge is 0.294 e. The van der Waals surface area contributed by atoms with Crippen LogP contribution >= 0.6 is 0 Å². The lowest BCUT2D eigenvalue weighted by Crippen LogP contribution is -1.98. The van der Waals surface area contributed by atoms with Crippen molar-refractivity contribution in [3.8, 4) is 17.6 Å². The zero-order valence-corrected chi connectivity index (χ0v) is 17.4. The van der Waals surface area contributed by atoms with E-state index in [9.17, 15) is 13.5 Å². The van der Waals surface area contributed by atoms with Crippen LogP contribution in [0.25, 0.3) is 10.8 Å². The van der Waals surface area contributed by atoms with E-state index in [0.29, 0.717) is 12.8 Å². The van der Waals surface area contributed by atoms with Gasteiger partial charge in [0.25, 0.3) is 10.1 Å². The lowest BCUT2D eigenvalue weighted by molar-refractivity contribution is 0.470. The Hall–Kier alpha value is -3.59. The molecule has 0 amide bonds. The summed E-state index contributed by atoms with van der Waals surface area (Å²) in [7, 11) is -4.22. The van der Waals surface area contributed by atoms with Crippen molar-refractivity contribution in [1.29, 1.82) is 0 Å². The molecule has 0 aliphatic carbocycles. The van der Waals surface area contributed by atoms with Gasteiger partial charge in [0, 0.05) is 18.4 Å². The van der Waals surface area contributed by atoms with Gasteiger partial charge in [0.1, 0.15) is 5.75 Å². The van der Waals surface area contributed by atoms with Gasteiger partial charge in [-0.25, -0.2) is 0 Å². The third kappa shape index (κ3) is 5.13. The van der Waals surface area contributed by atoms with Gasteiger partial charge in [-0.1, -0.05) is 60.4 Å². The summed E-state index contributed by atoms with van der Waals surface area (Å²) in [6.07, 6.45) is 1.11.